The van der Waals surface area contributed by atoms with Crippen molar-refractivity contribution in [3.05, 3.63) is 44.6 Å². The van der Waals surface area contributed by atoms with Crippen LogP contribution in [0.1, 0.15) is 38.3 Å². The summed E-state index contributed by atoms with van der Waals surface area (Å²) in [7, 11) is 0. The van der Waals surface area contributed by atoms with Gasteiger partial charge in [0, 0.05) is 25.2 Å². The van der Waals surface area contributed by atoms with Crippen LogP contribution in [-0.4, -0.2) is 33.6 Å². The highest BCUT2D eigenvalue weighted by molar-refractivity contribution is 5.77. The number of piperidine rings is 1. The quantitative estimate of drug-likeness (QED) is 0.923. The van der Waals surface area contributed by atoms with Crippen molar-refractivity contribution in [2.24, 2.45) is 0 Å². The third kappa shape index (κ3) is 2.61. The first kappa shape index (κ1) is 15.0. The van der Waals surface area contributed by atoms with Gasteiger partial charge in [0.25, 0.3) is 5.56 Å². The van der Waals surface area contributed by atoms with E-state index in [0.29, 0.717) is 16.9 Å². The van der Waals surface area contributed by atoms with Gasteiger partial charge in [-0.2, -0.15) is 0 Å². The van der Waals surface area contributed by atoms with E-state index in [1.807, 2.05) is 19.1 Å². The number of hydrogen-bond donors (Lipinski definition) is 1. The Labute approximate surface area is 129 Å². The van der Waals surface area contributed by atoms with Crippen molar-refractivity contribution in [1.29, 1.82) is 0 Å². The van der Waals surface area contributed by atoms with Gasteiger partial charge in [0.2, 0.25) is 0 Å². The number of aromatic amines is 1. The van der Waals surface area contributed by atoms with E-state index in [4.69, 9.17) is 0 Å². The first-order chi connectivity index (χ1) is 10.5. The third-order valence-electron chi connectivity index (χ3n) is 4.68. The normalized spacial score (nSPS) is 17.5. The summed E-state index contributed by atoms with van der Waals surface area (Å²) >= 11 is 0. The Morgan fingerprint density at radius 1 is 1.18 bits per heavy atom. The molecule has 1 aliphatic heterocycles. The average Bonchev–Trinajstić information content (AvgIpc) is 2.49. The number of nitrogens with zero attached hydrogens (tertiary/aromatic N) is 2. The Hall–Kier alpha value is -1.88. The highest BCUT2D eigenvalue weighted by Gasteiger charge is 2.24. The summed E-state index contributed by atoms with van der Waals surface area (Å²) in [4.78, 5) is 30.3. The van der Waals surface area contributed by atoms with Gasteiger partial charge in [0.1, 0.15) is 0 Å². The molecule has 0 bridgehead atoms. The van der Waals surface area contributed by atoms with Gasteiger partial charge in [-0.15, -0.1) is 0 Å². The van der Waals surface area contributed by atoms with Gasteiger partial charge in [-0.1, -0.05) is 11.6 Å². The molecule has 1 fully saturated rings. The molecule has 0 amide bonds. The third-order valence-corrected chi connectivity index (χ3v) is 4.68. The van der Waals surface area contributed by atoms with E-state index in [9.17, 15) is 9.59 Å². The molecule has 1 aliphatic rings. The van der Waals surface area contributed by atoms with Crippen molar-refractivity contribution < 1.29 is 0 Å². The minimum atomic E-state index is -0.288. The minimum absolute atomic E-state index is 0.00355. The van der Waals surface area contributed by atoms with Gasteiger partial charge >= 0.3 is 5.69 Å². The molecule has 3 rings (SSSR count). The van der Waals surface area contributed by atoms with E-state index in [1.54, 1.807) is 6.07 Å². The van der Waals surface area contributed by atoms with Gasteiger partial charge in [0.15, 0.2) is 0 Å². The summed E-state index contributed by atoms with van der Waals surface area (Å²) in [5.41, 5.74) is 1.20. The summed E-state index contributed by atoms with van der Waals surface area (Å²) in [6, 6.07) is 6.07. The van der Waals surface area contributed by atoms with Crippen LogP contribution in [0.5, 0.6) is 0 Å². The van der Waals surface area contributed by atoms with Crippen LogP contribution in [0.2, 0.25) is 0 Å². The maximum Gasteiger partial charge on any atom is 0.329 e. The number of fused-ring (bicyclic) bond motifs is 1. The second kappa shape index (κ2) is 5.72. The van der Waals surface area contributed by atoms with Crippen LogP contribution >= 0.6 is 0 Å². The maximum absolute atomic E-state index is 12.7. The topological polar surface area (TPSA) is 58.1 Å². The van der Waals surface area contributed by atoms with Gasteiger partial charge < -0.3 is 9.88 Å². The monoisotopic (exact) mass is 301 g/mol. The van der Waals surface area contributed by atoms with E-state index in [-0.39, 0.29) is 17.3 Å². The lowest BCUT2D eigenvalue weighted by atomic mass is 10.0. The largest absolute Gasteiger partial charge is 0.329 e. The van der Waals surface area contributed by atoms with Crippen molar-refractivity contribution >= 4 is 10.9 Å². The van der Waals surface area contributed by atoms with Gasteiger partial charge in [-0.3, -0.25) is 9.36 Å². The summed E-state index contributed by atoms with van der Waals surface area (Å²) < 4.78 is 1.43. The zero-order valence-corrected chi connectivity index (χ0v) is 13.4. The Kier molecular flexibility index (Phi) is 3.91. The molecule has 2 aromatic rings. The zero-order valence-electron chi connectivity index (χ0n) is 13.4. The smallest absolute Gasteiger partial charge is 0.307 e. The van der Waals surface area contributed by atoms with Gasteiger partial charge in [-0.25, -0.2) is 4.79 Å². The van der Waals surface area contributed by atoms with Crippen molar-refractivity contribution in [2.45, 2.75) is 45.7 Å². The van der Waals surface area contributed by atoms with Gasteiger partial charge in [-0.05, 0) is 45.7 Å². The molecule has 0 radical (unpaired) electrons. The molecule has 0 saturated carbocycles. The van der Waals surface area contributed by atoms with Crippen molar-refractivity contribution in [3.63, 3.8) is 0 Å². The fourth-order valence-electron chi connectivity index (χ4n) is 3.33. The van der Waals surface area contributed by atoms with E-state index in [0.717, 1.165) is 31.5 Å². The number of aromatic nitrogens is 2. The first-order valence-corrected chi connectivity index (χ1v) is 7.96. The number of nitrogens with one attached hydrogen (secondary N) is 1. The number of H-pyrrole nitrogens is 1. The molecule has 1 N–H and O–H groups in total. The summed E-state index contributed by atoms with van der Waals surface area (Å²) in [5, 5.41) is 0.603. The minimum Gasteiger partial charge on any atom is -0.307 e. The Morgan fingerprint density at radius 2 is 1.86 bits per heavy atom. The maximum atomic E-state index is 12.7. The molecule has 0 atom stereocenters. The molecular formula is C17H23N3O2. The SMILES string of the molecule is Cc1ccc2[nH]c(=O)n(C3CCN(C(C)C)CC3)c(=O)c2c1. The Morgan fingerprint density at radius 3 is 2.50 bits per heavy atom. The molecule has 1 aromatic carbocycles. The van der Waals surface area contributed by atoms with Crippen LogP contribution in [-0.2, 0) is 0 Å². The number of hydrogen-bond acceptors (Lipinski definition) is 3. The molecule has 0 aliphatic carbocycles. The molecule has 22 heavy (non-hydrogen) atoms. The summed E-state index contributed by atoms with van der Waals surface area (Å²) in [6.45, 7) is 8.17. The van der Waals surface area contributed by atoms with Crippen LogP contribution in [0.25, 0.3) is 10.9 Å². The highest BCUT2D eigenvalue weighted by Crippen LogP contribution is 2.21. The Bertz CT molecular complexity index is 796. The van der Waals surface area contributed by atoms with Crippen molar-refractivity contribution in [2.75, 3.05) is 13.1 Å². The summed E-state index contributed by atoms with van der Waals surface area (Å²) in [6.07, 6.45) is 1.69. The number of likely N-dealkylation sites (tertiary alicyclic amines) is 1. The predicted molar refractivity (Wildman–Crippen MR) is 88.5 cm³/mol. The fourth-order valence-corrected chi connectivity index (χ4v) is 3.33. The van der Waals surface area contributed by atoms with Crippen LogP contribution in [0, 0.1) is 6.92 Å². The van der Waals surface area contributed by atoms with Crippen LogP contribution in [0.3, 0.4) is 0 Å². The zero-order chi connectivity index (χ0) is 15.9. The van der Waals surface area contributed by atoms with E-state index < -0.39 is 0 Å². The number of rotatable bonds is 2. The molecule has 1 aromatic heterocycles. The molecule has 5 nitrogen and oxygen atoms in total. The van der Waals surface area contributed by atoms with E-state index >= 15 is 0 Å². The number of benzene rings is 1. The lowest BCUT2D eigenvalue weighted by Gasteiger charge is -2.34. The standard InChI is InChI=1S/C17H23N3O2/c1-11(2)19-8-6-13(7-9-19)20-16(21)14-10-12(3)4-5-15(14)18-17(20)22/h4-5,10-11,13H,6-9H2,1-3H3,(H,18,22). The van der Waals surface area contributed by atoms with E-state index in [2.05, 4.69) is 23.7 Å². The van der Waals surface area contributed by atoms with Crippen molar-refractivity contribution in [1.82, 2.24) is 14.5 Å². The van der Waals surface area contributed by atoms with Crippen molar-refractivity contribution in [3.8, 4) is 0 Å². The number of aryl methyl sites for hydroxylation is 1. The molecule has 118 valence electrons. The molecular weight excluding hydrogens is 278 g/mol. The average molecular weight is 301 g/mol. The highest BCUT2D eigenvalue weighted by atomic mass is 16.2. The molecule has 0 unspecified atom stereocenters. The predicted octanol–water partition coefficient (Wildman–Crippen LogP) is 2.04. The molecule has 2 heterocycles. The molecule has 1 saturated heterocycles. The lowest BCUT2D eigenvalue weighted by Crippen LogP contribution is -2.45. The van der Waals surface area contributed by atoms with Crippen LogP contribution in [0.15, 0.2) is 27.8 Å². The second-order valence-corrected chi connectivity index (χ2v) is 6.52. The Balaban J connectivity index is 2.01. The first-order valence-electron chi connectivity index (χ1n) is 7.96. The van der Waals surface area contributed by atoms with Crippen LogP contribution in [0.4, 0.5) is 0 Å². The summed E-state index contributed by atoms with van der Waals surface area (Å²) in [5.74, 6) is 0. The van der Waals surface area contributed by atoms with E-state index in [1.165, 1.54) is 4.57 Å². The molecule has 0 spiro atoms. The lowest BCUT2D eigenvalue weighted by molar-refractivity contribution is 0.149. The van der Waals surface area contributed by atoms with Crippen LogP contribution < -0.4 is 11.2 Å². The van der Waals surface area contributed by atoms with Gasteiger partial charge in [0.05, 0.1) is 10.9 Å². The second-order valence-electron chi connectivity index (χ2n) is 6.52. The fraction of sp³-hybridized carbons (Fsp3) is 0.529. The molecule has 5 heteroatoms.